The molecule has 0 fully saturated rings. The maximum atomic E-state index is 11.9. The van der Waals surface area contributed by atoms with Crippen molar-refractivity contribution in [1.29, 1.82) is 0 Å². The number of aryl methyl sites for hydroxylation is 1. The van der Waals surface area contributed by atoms with Crippen molar-refractivity contribution in [1.82, 2.24) is 4.98 Å². The van der Waals surface area contributed by atoms with Gasteiger partial charge in [-0.3, -0.25) is 4.79 Å². The van der Waals surface area contributed by atoms with Crippen LogP contribution in [0.2, 0.25) is 0 Å². The van der Waals surface area contributed by atoms with E-state index in [1.54, 1.807) is 0 Å². The number of azide groups is 1. The summed E-state index contributed by atoms with van der Waals surface area (Å²) >= 11 is 0. The molecular formula is C15H12N4O. The Kier molecular flexibility index (Phi) is 3.16. The van der Waals surface area contributed by atoms with Gasteiger partial charge >= 0.3 is 0 Å². The number of hydrogen-bond acceptors (Lipinski definition) is 2. The van der Waals surface area contributed by atoms with E-state index in [2.05, 4.69) is 26.9 Å². The standard InChI is InChI=1S/C15H12N4O/c16-19-17-8-2-3-10-6-7-13-12(9-10)11-4-1-5-14(20)15(11)18-13/h6-7,9,18H,1,4-5,8H2. The van der Waals surface area contributed by atoms with Gasteiger partial charge in [0.05, 0.1) is 12.2 Å². The molecule has 1 aliphatic carbocycles. The van der Waals surface area contributed by atoms with Crippen molar-refractivity contribution in [2.45, 2.75) is 19.3 Å². The van der Waals surface area contributed by atoms with Crippen LogP contribution in [0.5, 0.6) is 0 Å². The first-order valence-electron chi connectivity index (χ1n) is 6.47. The molecule has 5 nitrogen and oxygen atoms in total. The molecule has 0 aliphatic heterocycles. The van der Waals surface area contributed by atoms with E-state index in [4.69, 9.17) is 5.53 Å². The lowest BCUT2D eigenvalue weighted by Gasteiger charge is -2.09. The van der Waals surface area contributed by atoms with E-state index < -0.39 is 0 Å². The van der Waals surface area contributed by atoms with Crippen LogP contribution in [0.4, 0.5) is 0 Å². The molecule has 2 aromatic rings. The van der Waals surface area contributed by atoms with E-state index in [0.717, 1.165) is 40.6 Å². The zero-order valence-corrected chi connectivity index (χ0v) is 10.8. The van der Waals surface area contributed by atoms with Gasteiger partial charge in [-0.05, 0) is 42.1 Å². The van der Waals surface area contributed by atoms with Gasteiger partial charge in [-0.25, -0.2) is 0 Å². The average molecular weight is 264 g/mol. The summed E-state index contributed by atoms with van der Waals surface area (Å²) < 4.78 is 0. The Balaban J connectivity index is 2.04. The second kappa shape index (κ2) is 5.12. The van der Waals surface area contributed by atoms with E-state index in [1.807, 2.05) is 18.2 Å². The molecule has 0 unspecified atom stereocenters. The van der Waals surface area contributed by atoms with Crippen LogP contribution in [0, 0.1) is 11.8 Å². The highest BCUT2D eigenvalue weighted by atomic mass is 16.1. The molecule has 0 saturated carbocycles. The van der Waals surface area contributed by atoms with Crippen LogP contribution in [0.1, 0.15) is 34.5 Å². The van der Waals surface area contributed by atoms with Crippen LogP contribution in [-0.2, 0) is 6.42 Å². The highest BCUT2D eigenvalue weighted by Crippen LogP contribution is 2.29. The van der Waals surface area contributed by atoms with Crippen molar-refractivity contribution in [2.24, 2.45) is 5.11 Å². The summed E-state index contributed by atoms with van der Waals surface area (Å²) in [5.74, 6) is 5.96. The number of H-pyrrole nitrogens is 1. The van der Waals surface area contributed by atoms with E-state index in [-0.39, 0.29) is 12.3 Å². The summed E-state index contributed by atoms with van der Waals surface area (Å²) in [5.41, 5.74) is 11.9. The molecule has 0 atom stereocenters. The lowest BCUT2D eigenvalue weighted by molar-refractivity contribution is 0.0968. The summed E-state index contributed by atoms with van der Waals surface area (Å²) in [5, 5.41) is 4.45. The zero-order valence-electron chi connectivity index (χ0n) is 10.8. The summed E-state index contributed by atoms with van der Waals surface area (Å²) in [7, 11) is 0. The molecule has 1 aliphatic rings. The fourth-order valence-electron chi connectivity index (χ4n) is 2.58. The van der Waals surface area contributed by atoms with Gasteiger partial charge in [-0.2, -0.15) is 0 Å². The number of aromatic amines is 1. The van der Waals surface area contributed by atoms with E-state index in [9.17, 15) is 4.79 Å². The van der Waals surface area contributed by atoms with Crippen LogP contribution >= 0.6 is 0 Å². The first kappa shape index (κ1) is 12.3. The van der Waals surface area contributed by atoms with Crippen molar-refractivity contribution in [2.75, 3.05) is 6.54 Å². The van der Waals surface area contributed by atoms with Gasteiger partial charge in [-0.1, -0.05) is 17.0 Å². The highest BCUT2D eigenvalue weighted by Gasteiger charge is 2.21. The van der Waals surface area contributed by atoms with Crippen LogP contribution in [-0.4, -0.2) is 17.3 Å². The molecule has 20 heavy (non-hydrogen) atoms. The van der Waals surface area contributed by atoms with E-state index in [1.165, 1.54) is 0 Å². The zero-order chi connectivity index (χ0) is 13.9. The number of rotatable bonds is 1. The van der Waals surface area contributed by atoms with Crippen LogP contribution < -0.4 is 0 Å². The van der Waals surface area contributed by atoms with Gasteiger partial charge < -0.3 is 4.98 Å². The minimum Gasteiger partial charge on any atom is -0.352 e. The number of hydrogen-bond donors (Lipinski definition) is 1. The first-order valence-corrected chi connectivity index (χ1v) is 6.47. The Morgan fingerprint density at radius 3 is 3.15 bits per heavy atom. The second-order valence-corrected chi connectivity index (χ2v) is 4.71. The van der Waals surface area contributed by atoms with Gasteiger partial charge in [0.1, 0.15) is 0 Å². The van der Waals surface area contributed by atoms with Crippen molar-refractivity contribution in [3.8, 4) is 11.8 Å². The molecule has 1 heterocycles. The number of benzene rings is 1. The predicted octanol–water partition coefficient (Wildman–Crippen LogP) is 3.35. The predicted molar refractivity (Wildman–Crippen MR) is 76.5 cm³/mol. The lowest BCUT2D eigenvalue weighted by atomic mass is 9.94. The van der Waals surface area contributed by atoms with Crippen LogP contribution in [0.25, 0.3) is 21.3 Å². The molecule has 0 amide bonds. The van der Waals surface area contributed by atoms with E-state index >= 15 is 0 Å². The second-order valence-electron chi connectivity index (χ2n) is 4.71. The SMILES string of the molecule is [N-]=[N+]=NCC#Cc1ccc2[nH]c3c(c2c1)CCCC3=O. The maximum absolute atomic E-state index is 11.9. The largest absolute Gasteiger partial charge is 0.352 e. The lowest BCUT2D eigenvalue weighted by Crippen LogP contribution is -2.09. The first-order chi connectivity index (χ1) is 9.79. The number of carbonyl (C=O) groups is 1. The molecule has 1 aromatic heterocycles. The Bertz CT molecular complexity index is 800. The third kappa shape index (κ3) is 2.13. The smallest absolute Gasteiger partial charge is 0.179 e. The van der Waals surface area contributed by atoms with Gasteiger partial charge in [0.2, 0.25) is 0 Å². The van der Waals surface area contributed by atoms with Gasteiger partial charge in [-0.15, -0.1) is 0 Å². The molecule has 3 rings (SSSR count). The number of ketones is 1. The minimum absolute atomic E-state index is 0.165. The molecule has 1 aromatic carbocycles. The van der Waals surface area contributed by atoms with Crippen molar-refractivity contribution in [3.63, 3.8) is 0 Å². The molecule has 1 N–H and O–H groups in total. The Morgan fingerprint density at radius 2 is 2.30 bits per heavy atom. The number of nitrogens with zero attached hydrogens (tertiary/aromatic N) is 3. The third-order valence-corrected chi connectivity index (χ3v) is 3.46. The molecule has 0 bridgehead atoms. The molecule has 5 heteroatoms. The normalized spacial score (nSPS) is 13.3. The van der Waals surface area contributed by atoms with Gasteiger partial charge in [0.15, 0.2) is 5.78 Å². The van der Waals surface area contributed by atoms with Crippen LogP contribution in [0.3, 0.4) is 0 Å². The Hall–Kier alpha value is -2.70. The summed E-state index contributed by atoms with van der Waals surface area (Å²) in [4.78, 5) is 17.7. The fraction of sp³-hybridized carbons (Fsp3) is 0.267. The number of nitrogens with one attached hydrogen (secondary N) is 1. The van der Waals surface area contributed by atoms with E-state index in [0.29, 0.717) is 6.42 Å². The summed E-state index contributed by atoms with van der Waals surface area (Å²) in [6.45, 7) is 0.165. The number of carbonyl (C=O) groups excluding carboxylic acids is 1. The Morgan fingerprint density at radius 1 is 1.40 bits per heavy atom. The molecular weight excluding hydrogens is 252 g/mol. The number of Topliss-reactive ketones (excluding diaryl/α,β-unsaturated/α-hetero) is 1. The van der Waals surface area contributed by atoms with Crippen LogP contribution in [0.15, 0.2) is 23.3 Å². The minimum atomic E-state index is 0.165. The average Bonchev–Trinajstić information content (AvgIpc) is 2.83. The molecule has 0 radical (unpaired) electrons. The third-order valence-electron chi connectivity index (χ3n) is 3.46. The highest BCUT2D eigenvalue weighted by molar-refractivity contribution is 6.03. The van der Waals surface area contributed by atoms with Crippen molar-refractivity contribution in [3.05, 3.63) is 45.5 Å². The molecule has 0 spiro atoms. The molecule has 0 saturated heterocycles. The molecule has 98 valence electrons. The van der Waals surface area contributed by atoms with Crippen molar-refractivity contribution < 1.29 is 4.79 Å². The topological polar surface area (TPSA) is 81.6 Å². The van der Waals surface area contributed by atoms with Crippen molar-refractivity contribution >= 4 is 16.7 Å². The maximum Gasteiger partial charge on any atom is 0.179 e. The monoisotopic (exact) mass is 264 g/mol. The summed E-state index contributed by atoms with van der Waals surface area (Å²) in [6.07, 6.45) is 2.46. The van der Waals surface area contributed by atoms with Gasteiger partial charge in [0.25, 0.3) is 0 Å². The summed E-state index contributed by atoms with van der Waals surface area (Å²) in [6, 6.07) is 5.84. The number of fused-ring (bicyclic) bond motifs is 3. The van der Waals surface area contributed by atoms with Gasteiger partial charge in [0, 0.05) is 27.8 Å². The Labute approximate surface area is 115 Å². The quantitative estimate of drug-likeness (QED) is 0.364. The fourth-order valence-corrected chi connectivity index (χ4v) is 2.58. The number of aromatic nitrogens is 1.